The van der Waals surface area contributed by atoms with Gasteiger partial charge in [0, 0.05) is 21.7 Å². The van der Waals surface area contributed by atoms with Gasteiger partial charge in [0.1, 0.15) is 11.5 Å². The number of hydrogen-bond acceptors (Lipinski definition) is 5. The molecule has 1 atom stereocenters. The van der Waals surface area contributed by atoms with Crippen LogP contribution in [0.1, 0.15) is 24.2 Å². The van der Waals surface area contributed by atoms with E-state index in [9.17, 15) is 15.0 Å². The summed E-state index contributed by atoms with van der Waals surface area (Å²) in [5.74, 6) is 0.401. The standard InChI is InChI=1S/C25H20O5S/c1-15(26)19-4-2-3-5-20(19)25-24(21-12-9-17(27)14-22(21)31-25)30-18-10-6-16(7-11-18)8-13-23(28)29/h2-15,26-27H,1H3,(H,28,29)/b13-8+. The maximum Gasteiger partial charge on any atom is 0.328 e. The number of aliphatic hydroxyl groups is 1. The van der Waals surface area contributed by atoms with Crippen LogP contribution in [0.4, 0.5) is 0 Å². The molecule has 0 aliphatic rings. The molecule has 0 fully saturated rings. The zero-order valence-corrected chi connectivity index (χ0v) is 17.5. The minimum atomic E-state index is -1.00. The molecule has 0 aliphatic heterocycles. The van der Waals surface area contributed by atoms with Gasteiger partial charge in [-0.2, -0.15) is 0 Å². The van der Waals surface area contributed by atoms with Gasteiger partial charge in [-0.25, -0.2) is 4.79 Å². The second kappa shape index (κ2) is 8.63. The molecule has 0 saturated carbocycles. The first-order chi connectivity index (χ1) is 14.9. The Hall–Kier alpha value is -3.61. The lowest BCUT2D eigenvalue weighted by Gasteiger charge is -2.13. The van der Waals surface area contributed by atoms with E-state index in [1.54, 1.807) is 43.3 Å². The van der Waals surface area contributed by atoms with Gasteiger partial charge in [-0.15, -0.1) is 11.3 Å². The van der Waals surface area contributed by atoms with E-state index in [0.717, 1.165) is 37.7 Å². The fourth-order valence-corrected chi connectivity index (χ4v) is 4.55. The van der Waals surface area contributed by atoms with Gasteiger partial charge in [0.2, 0.25) is 0 Å². The first kappa shape index (κ1) is 20.7. The third-order valence-corrected chi connectivity index (χ3v) is 5.97. The Balaban J connectivity index is 1.80. The third kappa shape index (κ3) is 4.45. The summed E-state index contributed by atoms with van der Waals surface area (Å²) < 4.78 is 7.15. The number of benzene rings is 3. The highest BCUT2D eigenvalue weighted by molar-refractivity contribution is 7.22. The van der Waals surface area contributed by atoms with Crippen LogP contribution in [0.5, 0.6) is 17.2 Å². The second-order valence-corrected chi connectivity index (χ2v) is 8.10. The summed E-state index contributed by atoms with van der Waals surface area (Å²) in [7, 11) is 0. The lowest BCUT2D eigenvalue weighted by molar-refractivity contribution is -0.131. The van der Waals surface area contributed by atoms with Crippen molar-refractivity contribution in [3.8, 4) is 27.7 Å². The highest BCUT2D eigenvalue weighted by Gasteiger charge is 2.20. The lowest BCUT2D eigenvalue weighted by Crippen LogP contribution is -1.94. The average molecular weight is 432 g/mol. The van der Waals surface area contributed by atoms with Crippen molar-refractivity contribution in [1.82, 2.24) is 0 Å². The molecule has 31 heavy (non-hydrogen) atoms. The molecule has 3 N–H and O–H groups in total. The molecule has 3 aromatic carbocycles. The highest BCUT2D eigenvalue weighted by atomic mass is 32.1. The molecular weight excluding hydrogens is 412 g/mol. The molecule has 4 aromatic rings. The van der Waals surface area contributed by atoms with Crippen LogP contribution in [-0.4, -0.2) is 21.3 Å². The van der Waals surface area contributed by atoms with Gasteiger partial charge in [-0.3, -0.25) is 0 Å². The lowest BCUT2D eigenvalue weighted by atomic mass is 10.0. The third-order valence-electron chi connectivity index (χ3n) is 4.80. The summed E-state index contributed by atoms with van der Waals surface area (Å²) in [4.78, 5) is 11.6. The van der Waals surface area contributed by atoms with Gasteiger partial charge in [0.05, 0.1) is 11.0 Å². The SMILES string of the molecule is CC(O)c1ccccc1-c1sc2cc(O)ccc2c1Oc1ccc(/C=C/C(=O)O)cc1. The Morgan fingerprint density at radius 1 is 1.06 bits per heavy atom. The number of hydrogen-bond donors (Lipinski definition) is 3. The van der Waals surface area contributed by atoms with Crippen LogP contribution in [0.3, 0.4) is 0 Å². The molecule has 5 nitrogen and oxygen atoms in total. The van der Waals surface area contributed by atoms with Crippen LogP contribution in [0.25, 0.3) is 26.6 Å². The van der Waals surface area contributed by atoms with Crippen molar-refractivity contribution in [3.05, 3.63) is 83.9 Å². The van der Waals surface area contributed by atoms with E-state index in [2.05, 4.69) is 0 Å². The van der Waals surface area contributed by atoms with Gasteiger partial charge in [0.15, 0.2) is 5.75 Å². The fraction of sp³-hybridized carbons (Fsp3) is 0.0800. The molecule has 0 amide bonds. The number of aliphatic hydroxyl groups excluding tert-OH is 1. The Morgan fingerprint density at radius 3 is 2.52 bits per heavy atom. The van der Waals surface area contributed by atoms with E-state index in [1.165, 1.54) is 17.4 Å². The van der Waals surface area contributed by atoms with Crippen molar-refractivity contribution < 1.29 is 24.9 Å². The van der Waals surface area contributed by atoms with E-state index in [0.29, 0.717) is 11.5 Å². The summed E-state index contributed by atoms with van der Waals surface area (Å²) in [6.45, 7) is 1.72. The van der Waals surface area contributed by atoms with E-state index < -0.39 is 12.1 Å². The number of aromatic hydroxyl groups is 1. The molecule has 1 unspecified atom stereocenters. The number of phenols is 1. The molecule has 0 spiro atoms. The van der Waals surface area contributed by atoms with Gasteiger partial charge in [-0.05, 0) is 54.5 Å². The molecule has 6 heteroatoms. The summed E-state index contributed by atoms with van der Waals surface area (Å²) in [6.07, 6.45) is 1.95. The van der Waals surface area contributed by atoms with Crippen molar-refractivity contribution in [2.24, 2.45) is 0 Å². The fourth-order valence-electron chi connectivity index (χ4n) is 3.34. The smallest absolute Gasteiger partial charge is 0.328 e. The van der Waals surface area contributed by atoms with Crippen molar-refractivity contribution in [2.75, 3.05) is 0 Å². The maximum atomic E-state index is 10.7. The van der Waals surface area contributed by atoms with E-state index in [1.807, 2.05) is 30.3 Å². The van der Waals surface area contributed by atoms with E-state index >= 15 is 0 Å². The summed E-state index contributed by atoms with van der Waals surface area (Å²) in [5.41, 5.74) is 2.40. The quantitative estimate of drug-likeness (QED) is 0.315. The van der Waals surface area contributed by atoms with Crippen LogP contribution in [-0.2, 0) is 4.79 Å². The average Bonchev–Trinajstić information content (AvgIpc) is 3.10. The van der Waals surface area contributed by atoms with Crippen molar-refractivity contribution in [1.29, 1.82) is 0 Å². The van der Waals surface area contributed by atoms with Crippen LogP contribution >= 0.6 is 11.3 Å². The van der Waals surface area contributed by atoms with E-state index in [4.69, 9.17) is 9.84 Å². The largest absolute Gasteiger partial charge is 0.508 e. The monoisotopic (exact) mass is 432 g/mol. The first-order valence-corrected chi connectivity index (χ1v) is 10.5. The normalized spacial score (nSPS) is 12.3. The Labute approximate surface area is 183 Å². The number of aliphatic carboxylic acids is 1. The number of ether oxygens (including phenoxy) is 1. The highest BCUT2D eigenvalue weighted by Crippen LogP contribution is 2.48. The predicted octanol–water partition coefficient (Wildman–Crippen LogP) is 6.22. The van der Waals surface area contributed by atoms with Crippen LogP contribution in [0.15, 0.2) is 72.8 Å². The Morgan fingerprint density at radius 2 is 1.81 bits per heavy atom. The molecular formula is C25H20O5S. The number of phenolic OH excluding ortho intramolecular Hbond substituents is 1. The minimum Gasteiger partial charge on any atom is -0.508 e. The molecule has 0 bridgehead atoms. The molecule has 0 radical (unpaired) electrons. The molecule has 1 aromatic heterocycles. The predicted molar refractivity (Wildman–Crippen MR) is 123 cm³/mol. The Kier molecular flexibility index (Phi) is 5.75. The van der Waals surface area contributed by atoms with Crippen LogP contribution in [0, 0.1) is 0 Å². The zero-order chi connectivity index (χ0) is 22.0. The number of rotatable bonds is 6. The van der Waals surface area contributed by atoms with Gasteiger partial charge < -0.3 is 20.1 Å². The topological polar surface area (TPSA) is 87.0 Å². The van der Waals surface area contributed by atoms with Gasteiger partial charge in [-0.1, -0.05) is 36.4 Å². The van der Waals surface area contributed by atoms with Crippen molar-refractivity contribution >= 4 is 33.5 Å². The molecule has 0 saturated heterocycles. The van der Waals surface area contributed by atoms with Gasteiger partial charge >= 0.3 is 5.97 Å². The molecule has 1 heterocycles. The molecule has 156 valence electrons. The van der Waals surface area contributed by atoms with Crippen LogP contribution < -0.4 is 4.74 Å². The molecule has 0 aliphatic carbocycles. The number of carboxylic acid groups (broad SMARTS) is 1. The zero-order valence-electron chi connectivity index (χ0n) is 16.6. The summed E-state index contributed by atoms with van der Waals surface area (Å²) in [6, 6.07) is 19.9. The second-order valence-electron chi connectivity index (χ2n) is 7.05. The first-order valence-electron chi connectivity index (χ1n) is 9.64. The summed E-state index contributed by atoms with van der Waals surface area (Å²) >= 11 is 1.48. The number of fused-ring (bicyclic) bond motifs is 1. The van der Waals surface area contributed by atoms with E-state index in [-0.39, 0.29) is 5.75 Å². The van der Waals surface area contributed by atoms with Crippen molar-refractivity contribution in [2.45, 2.75) is 13.0 Å². The number of carboxylic acids is 1. The summed E-state index contributed by atoms with van der Waals surface area (Å²) in [5, 5.41) is 29.8. The maximum absolute atomic E-state index is 10.7. The minimum absolute atomic E-state index is 0.172. The number of thiophene rings is 1. The Bertz CT molecular complexity index is 1270. The van der Waals surface area contributed by atoms with Crippen molar-refractivity contribution in [3.63, 3.8) is 0 Å². The molecule has 4 rings (SSSR count). The number of carbonyl (C=O) groups is 1. The van der Waals surface area contributed by atoms with Crippen LogP contribution in [0.2, 0.25) is 0 Å². The van der Waals surface area contributed by atoms with Gasteiger partial charge in [0.25, 0.3) is 0 Å².